The molecule has 21 heavy (non-hydrogen) atoms. The lowest BCUT2D eigenvalue weighted by atomic mass is 10.3. The van der Waals surface area contributed by atoms with Crippen molar-refractivity contribution in [1.82, 2.24) is 15.2 Å². The van der Waals surface area contributed by atoms with Gasteiger partial charge < -0.3 is 4.74 Å². The van der Waals surface area contributed by atoms with Crippen molar-refractivity contribution in [2.75, 3.05) is 14.1 Å². The Morgan fingerprint density at radius 3 is 2.05 bits per heavy atom. The van der Waals surface area contributed by atoms with Gasteiger partial charge in [-0.05, 0) is 12.1 Å². The van der Waals surface area contributed by atoms with Gasteiger partial charge in [0, 0.05) is 26.2 Å². The third kappa shape index (κ3) is 2.81. The monoisotopic (exact) mass is 302 g/mol. The van der Waals surface area contributed by atoms with Gasteiger partial charge in [0.1, 0.15) is 0 Å². The van der Waals surface area contributed by atoms with E-state index >= 15 is 0 Å². The Morgan fingerprint density at radius 1 is 1.00 bits per heavy atom. The molecule has 5 nitrogen and oxygen atoms in total. The van der Waals surface area contributed by atoms with Gasteiger partial charge in [-0.2, -0.15) is 0 Å². The molecule has 1 aliphatic heterocycles. The largest absolute Gasteiger partial charge is 0.447 e. The molecule has 0 saturated carbocycles. The summed E-state index contributed by atoms with van der Waals surface area (Å²) >= 11 is -0.555. The zero-order chi connectivity index (χ0) is 14.8. The van der Waals surface area contributed by atoms with Crippen LogP contribution < -0.4 is 14.9 Å². The summed E-state index contributed by atoms with van der Waals surface area (Å²) in [5.41, 5.74) is 2.70. The van der Waals surface area contributed by atoms with Crippen molar-refractivity contribution in [1.29, 1.82) is 0 Å². The number of urea groups is 1. The smallest absolute Gasteiger partial charge is 0.371 e. The van der Waals surface area contributed by atoms with Crippen LogP contribution >= 0.6 is 0 Å². The number of ether oxygens (including phenoxy) is 1. The van der Waals surface area contributed by atoms with Crippen molar-refractivity contribution in [3.63, 3.8) is 0 Å². The van der Waals surface area contributed by atoms with Crippen LogP contribution in [-0.2, 0) is 11.1 Å². The van der Waals surface area contributed by atoms with Gasteiger partial charge in [-0.3, -0.25) is 5.43 Å². The number of hydrogen-bond acceptors (Lipinski definition) is 3. The Balaban J connectivity index is 1.97. The summed E-state index contributed by atoms with van der Waals surface area (Å²) in [5, 5.41) is 1.61. The molecular formula is C15H16N3O2S+. The average Bonchev–Trinajstić information content (AvgIpc) is 2.46. The molecule has 0 bridgehead atoms. The summed E-state index contributed by atoms with van der Waals surface area (Å²) < 4.78 is 8.91. The van der Waals surface area contributed by atoms with Crippen molar-refractivity contribution in [2.24, 2.45) is 0 Å². The molecule has 2 aromatic carbocycles. The molecule has 0 atom stereocenters. The molecule has 0 spiro atoms. The molecule has 2 aromatic rings. The minimum atomic E-state index is -0.555. The van der Waals surface area contributed by atoms with Gasteiger partial charge in [0.05, 0.1) is 0 Å². The second-order valence-corrected chi connectivity index (χ2v) is 6.44. The lowest BCUT2D eigenvalue weighted by Gasteiger charge is -2.20. The molecular weight excluding hydrogens is 286 g/mol. The standard InChI is InChI=1S/C15H15N3O2S/c1-18(2)16-15(19)17-21-13-9-5-3-7-11(13)20-12-8-4-6-10-14(12)21/h3-10H,1-2H3,(H-,16,17,19)/p+1. The highest BCUT2D eigenvalue weighted by molar-refractivity contribution is 7.96. The van der Waals surface area contributed by atoms with E-state index in [9.17, 15) is 4.79 Å². The fraction of sp³-hybridized carbons (Fsp3) is 0.133. The molecule has 0 aromatic heterocycles. The van der Waals surface area contributed by atoms with Crippen LogP contribution in [-0.4, -0.2) is 25.1 Å². The highest BCUT2D eigenvalue weighted by atomic mass is 32.2. The van der Waals surface area contributed by atoms with E-state index in [1.54, 1.807) is 19.1 Å². The molecule has 2 N–H and O–H groups in total. The molecule has 1 heterocycles. The van der Waals surface area contributed by atoms with Crippen molar-refractivity contribution in [3.05, 3.63) is 48.5 Å². The van der Waals surface area contributed by atoms with E-state index in [4.69, 9.17) is 4.74 Å². The van der Waals surface area contributed by atoms with Crippen LogP contribution in [0, 0.1) is 0 Å². The van der Waals surface area contributed by atoms with Crippen LogP contribution in [0.15, 0.2) is 58.3 Å². The van der Waals surface area contributed by atoms with Gasteiger partial charge in [-0.25, -0.2) is 9.80 Å². The van der Waals surface area contributed by atoms with Gasteiger partial charge in [0.25, 0.3) is 0 Å². The number of nitrogens with one attached hydrogen (secondary N) is 2. The summed E-state index contributed by atoms with van der Waals surface area (Å²) in [6, 6.07) is 15.3. The maximum atomic E-state index is 12.0. The number of fused-ring (bicyclic) bond motifs is 2. The van der Waals surface area contributed by atoms with Crippen LogP contribution in [0.3, 0.4) is 0 Å². The molecule has 6 heteroatoms. The van der Waals surface area contributed by atoms with Crippen molar-refractivity contribution in [2.45, 2.75) is 9.79 Å². The fourth-order valence-corrected chi connectivity index (χ4v) is 3.81. The number of nitrogens with zero attached hydrogens (tertiary/aromatic N) is 1. The Labute approximate surface area is 126 Å². The zero-order valence-electron chi connectivity index (χ0n) is 11.8. The Bertz CT molecular complexity index is 630. The minimum Gasteiger partial charge on any atom is -0.447 e. The van der Waals surface area contributed by atoms with Crippen molar-refractivity contribution < 1.29 is 9.53 Å². The van der Waals surface area contributed by atoms with E-state index in [2.05, 4.69) is 10.1 Å². The normalized spacial score (nSPS) is 13.1. The topological polar surface area (TPSA) is 53.6 Å². The minimum absolute atomic E-state index is 0.241. The predicted octanol–water partition coefficient (Wildman–Crippen LogP) is 2.52. The lowest BCUT2D eigenvalue weighted by molar-refractivity contribution is 0.218. The molecule has 0 aliphatic carbocycles. The quantitative estimate of drug-likeness (QED) is 0.662. The zero-order valence-corrected chi connectivity index (χ0v) is 12.6. The summed E-state index contributed by atoms with van der Waals surface area (Å²) in [6.07, 6.45) is 0. The molecule has 0 saturated heterocycles. The van der Waals surface area contributed by atoms with Crippen LogP contribution in [0.25, 0.3) is 0 Å². The third-order valence-corrected chi connectivity index (χ3v) is 4.82. The van der Waals surface area contributed by atoms with Gasteiger partial charge in [-0.15, -0.1) is 4.72 Å². The first-order valence-electron chi connectivity index (χ1n) is 6.50. The van der Waals surface area contributed by atoms with Crippen LogP contribution in [0.5, 0.6) is 11.5 Å². The van der Waals surface area contributed by atoms with Crippen LogP contribution in [0.1, 0.15) is 0 Å². The van der Waals surface area contributed by atoms with Crippen LogP contribution in [0.2, 0.25) is 0 Å². The SMILES string of the molecule is CN(C)NC(=O)N[S+]1c2ccccc2Oc2ccccc21. The number of hydrogen-bond donors (Lipinski definition) is 2. The van der Waals surface area contributed by atoms with Crippen molar-refractivity contribution in [3.8, 4) is 11.5 Å². The maximum absolute atomic E-state index is 12.0. The summed E-state index contributed by atoms with van der Waals surface area (Å²) in [5.74, 6) is 1.56. The number of hydrazine groups is 1. The Kier molecular flexibility index (Phi) is 3.72. The van der Waals surface area contributed by atoms with E-state index < -0.39 is 11.1 Å². The van der Waals surface area contributed by atoms with Gasteiger partial charge >= 0.3 is 6.03 Å². The number of amides is 2. The van der Waals surface area contributed by atoms with E-state index in [0.29, 0.717) is 0 Å². The van der Waals surface area contributed by atoms with E-state index in [1.807, 2.05) is 48.5 Å². The molecule has 0 fully saturated rings. The number of rotatable bonds is 2. The first-order valence-corrected chi connectivity index (χ1v) is 7.72. The second-order valence-electron chi connectivity index (χ2n) is 4.74. The highest BCUT2D eigenvalue weighted by Crippen LogP contribution is 2.41. The number of carbonyl (C=O) groups excluding carboxylic acids is 1. The highest BCUT2D eigenvalue weighted by Gasteiger charge is 2.39. The number of carbonyl (C=O) groups is 1. The third-order valence-electron chi connectivity index (χ3n) is 2.88. The van der Waals surface area contributed by atoms with Gasteiger partial charge in [0.2, 0.25) is 9.79 Å². The van der Waals surface area contributed by atoms with E-state index in [1.165, 1.54) is 0 Å². The first-order chi connectivity index (χ1) is 10.1. The molecule has 108 valence electrons. The molecule has 1 aliphatic rings. The van der Waals surface area contributed by atoms with Gasteiger partial charge in [0.15, 0.2) is 22.6 Å². The maximum Gasteiger partial charge on any atom is 0.371 e. The Hall–Kier alpha value is -2.18. The van der Waals surface area contributed by atoms with E-state index in [-0.39, 0.29) is 6.03 Å². The van der Waals surface area contributed by atoms with Crippen molar-refractivity contribution >= 4 is 17.1 Å². The number of benzene rings is 2. The molecule has 2 amide bonds. The number of para-hydroxylation sites is 2. The Morgan fingerprint density at radius 2 is 1.52 bits per heavy atom. The molecule has 0 unspecified atom stereocenters. The van der Waals surface area contributed by atoms with E-state index in [0.717, 1.165) is 21.3 Å². The average molecular weight is 302 g/mol. The molecule has 3 rings (SSSR count). The summed E-state index contributed by atoms with van der Waals surface area (Å²) in [6.45, 7) is 0. The second kappa shape index (κ2) is 5.67. The predicted molar refractivity (Wildman–Crippen MR) is 82.2 cm³/mol. The summed E-state index contributed by atoms with van der Waals surface area (Å²) in [7, 11) is 3.54. The lowest BCUT2D eigenvalue weighted by Crippen LogP contribution is -2.46. The van der Waals surface area contributed by atoms with Gasteiger partial charge in [-0.1, -0.05) is 24.3 Å². The first kappa shape index (κ1) is 13.8. The fourth-order valence-electron chi connectivity index (χ4n) is 2.07. The van der Waals surface area contributed by atoms with Crippen LogP contribution in [0.4, 0.5) is 4.79 Å². The molecule has 0 radical (unpaired) electrons. The summed E-state index contributed by atoms with van der Waals surface area (Å²) in [4.78, 5) is 14.0.